The van der Waals surface area contributed by atoms with E-state index in [0.717, 1.165) is 35.8 Å². The predicted molar refractivity (Wildman–Crippen MR) is 119 cm³/mol. The van der Waals surface area contributed by atoms with Crippen molar-refractivity contribution in [1.82, 2.24) is 5.32 Å². The first-order chi connectivity index (χ1) is 14.1. The van der Waals surface area contributed by atoms with Gasteiger partial charge in [-0.2, -0.15) is 0 Å². The zero-order valence-electron chi connectivity index (χ0n) is 17.7. The molecule has 1 N–H and O–H groups in total. The largest absolute Gasteiger partial charge is 0.493 e. The zero-order valence-corrected chi connectivity index (χ0v) is 18.5. The molecule has 1 atom stereocenters. The molecule has 4 saturated carbocycles. The topological polar surface area (TPSA) is 30.5 Å². The summed E-state index contributed by atoms with van der Waals surface area (Å²) in [4.78, 5) is 1.23. The van der Waals surface area contributed by atoms with Crippen molar-refractivity contribution in [3.63, 3.8) is 0 Å². The molecule has 2 aromatic rings. The zero-order chi connectivity index (χ0) is 19.8. The van der Waals surface area contributed by atoms with Gasteiger partial charge in [0.05, 0.1) is 7.11 Å². The van der Waals surface area contributed by atoms with Crippen LogP contribution in [0.15, 0.2) is 35.7 Å². The Hall–Kier alpha value is -1.52. The quantitative estimate of drug-likeness (QED) is 0.575. The monoisotopic (exact) mass is 411 g/mol. The van der Waals surface area contributed by atoms with Crippen LogP contribution in [0.2, 0.25) is 0 Å². The van der Waals surface area contributed by atoms with Crippen molar-refractivity contribution in [3.8, 4) is 11.5 Å². The summed E-state index contributed by atoms with van der Waals surface area (Å²) >= 11 is 1.73. The van der Waals surface area contributed by atoms with Gasteiger partial charge in [0.2, 0.25) is 0 Å². The van der Waals surface area contributed by atoms with Gasteiger partial charge in [-0.25, -0.2) is 0 Å². The van der Waals surface area contributed by atoms with Crippen LogP contribution < -0.4 is 14.8 Å². The third-order valence-corrected chi connectivity index (χ3v) is 8.67. The highest BCUT2D eigenvalue weighted by molar-refractivity contribution is 7.09. The van der Waals surface area contributed by atoms with E-state index in [0.29, 0.717) is 18.1 Å². The fourth-order valence-corrected chi connectivity index (χ4v) is 7.37. The summed E-state index contributed by atoms with van der Waals surface area (Å²) in [6.45, 7) is 3.86. The Kier molecular flexibility index (Phi) is 5.34. The van der Waals surface area contributed by atoms with Crippen molar-refractivity contribution in [3.05, 3.63) is 46.2 Å². The molecular formula is C25H33NO2S. The molecule has 4 aliphatic rings. The molecular weight excluding hydrogens is 378 g/mol. The van der Waals surface area contributed by atoms with Crippen LogP contribution in [0.3, 0.4) is 0 Å². The molecule has 156 valence electrons. The van der Waals surface area contributed by atoms with E-state index in [4.69, 9.17) is 9.47 Å². The maximum Gasteiger partial charge on any atom is 0.166 e. The number of rotatable bonds is 8. The van der Waals surface area contributed by atoms with Gasteiger partial charge in [-0.1, -0.05) is 18.2 Å². The second-order valence-electron chi connectivity index (χ2n) is 9.70. The molecule has 4 fully saturated rings. The Morgan fingerprint density at radius 3 is 2.41 bits per heavy atom. The third kappa shape index (κ3) is 3.82. The second kappa shape index (κ2) is 7.96. The number of methoxy groups -OCH3 is 1. The molecule has 0 radical (unpaired) electrons. The number of hydrogen-bond acceptors (Lipinski definition) is 4. The average Bonchev–Trinajstić information content (AvgIpc) is 3.23. The van der Waals surface area contributed by atoms with E-state index in [2.05, 4.69) is 41.9 Å². The molecule has 1 heterocycles. The van der Waals surface area contributed by atoms with Gasteiger partial charge in [-0.05, 0) is 86.1 Å². The highest BCUT2D eigenvalue weighted by atomic mass is 32.1. The van der Waals surface area contributed by atoms with Crippen LogP contribution in [0.5, 0.6) is 11.5 Å². The smallest absolute Gasteiger partial charge is 0.166 e. The standard InChI is InChI=1S/C25H33NO2S/c1-17(25-12-18-9-19(13-25)11-20(10-18)14-25)26-15-21-5-3-7-23(27-2)24(21)28-16-22-6-4-8-29-22/h3-8,17-20,26H,9-16H2,1-2H3/t17-,18?,19?,20?,25?/m1/s1. The molecule has 4 aliphatic carbocycles. The van der Waals surface area contributed by atoms with E-state index in [1.165, 1.54) is 49.0 Å². The van der Waals surface area contributed by atoms with Crippen LogP contribution in [-0.2, 0) is 13.2 Å². The van der Waals surface area contributed by atoms with E-state index in [1.807, 2.05) is 6.07 Å². The van der Waals surface area contributed by atoms with Crippen LogP contribution in [0, 0.1) is 23.2 Å². The van der Waals surface area contributed by atoms with Crippen LogP contribution in [0.4, 0.5) is 0 Å². The maximum atomic E-state index is 6.23. The Morgan fingerprint density at radius 2 is 1.79 bits per heavy atom. The minimum atomic E-state index is 0.519. The van der Waals surface area contributed by atoms with Crippen molar-refractivity contribution in [2.45, 2.75) is 64.6 Å². The number of nitrogens with one attached hydrogen (secondary N) is 1. The summed E-state index contributed by atoms with van der Waals surface area (Å²) in [5.41, 5.74) is 1.71. The molecule has 29 heavy (non-hydrogen) atoms. The number of benzene rings is 1. The molecule has 6 rings (SSSR count). The molecule has 4 bridgehead atoms. The van der Waals surface area contributed by atoms with Gasteiger partial charge >= 0.3 is 0 Å². The van der Waals surface area contributed by atoms with E-state index >= 15 is 0 Å². The molecule has 0 aliphatic heterocycles. The lowest BCUT2D eigenvalue weighted by Gasteiger charge is -2.59. The van der Waals surface area contributed by atoms with E-state index in [-0.39, 0.29) is 0 Å². The number of hydrogen-bond donors (Lipinski definition) is 1. The molecule has 3 nitrogen and oxygen atoms in total. The van der Waals surface area contributed by atoms with E-state index in [1.54, 1.807) is 18.4 Å². The van der Waals surface area contributed by atoms with E-state index < -0.39 is 0 Å². The van der Waals surface area contributed by atoms with Crippen LogP contribution in [0.25, 0.3) is 0 Å². The minimum Gasteiger partial charge on any atom is -0.493 e. The summed E-state index contributed by atoms with van der Waals surface area (Å²) in [6, 6.07) is 11.0. The Labute approximate surface area is 178 Å². The summed E-state index contributed by atoms with van der Waals surface area (Å²) < 4.78 is 11.8. The van der Waals surface area contributed by atoms with E-state index in [9.17, 15) is 0 Å². The van der Waals surface area contributed by atoms with Crippen molar-refractivity contribution >= 4 is 11.3 Å². The highest BCUT2D eigenvalue weighted by Gasteiger charge is 2.52. The summed E-state index contributed by atoms with van der Waals surface area (Å²) in [6.07, 6.45) is 8.82. The Morgan fingerprint density at radius 1 is 1.07 bits per heavy atom. The Bertz CT molecular complexity index is 796. The van der Waals surface area contributed by atoms with Gasteiger partial charge in [0.1, 0.15) is 6.61 Å². The lowest BCUT2D eigenvalue weighted by Crippen LogP contribution is -2.54. The highest BCUT2D eigenvalue weighted by Crippen LogP contribution is 2.61. The van der Waals surface area contributed by atoms with Crippen molar-refractivity contribution < 1.29 is 9.47 Å². The third-order valence-electron chi connectivity index (χ3n) is 7.82. The van der Waals surface area contributed by atoms with Gasteiger partial charge in [-0.3, -0.25) is 0 Å². The first-order valence-electron chi connectivity index (χ1n) is 11.2. The first kappa shape index (κ1) is 19.4. The number of ether oxygens (including phenoxy) is 2. The molecule has 1 aromatic carbocycles. The maximum absolute atomic E-state index is 6.23. The lowest BCUT2D eigenvalue weighted by atomic mass is 9.48. The molecule has 1 aromatic heterocycles. The predicted octanol–water partition coefficient (Wildman–Crippen LogP) is 6.03. The van der Waals surface area contributed by atoms with Crippen LogP contribution >= 0.6 is 11.3 Å². The van der Waals surface area contributed by atoms with Gasteiger partial charge < -0.3 is 14.8 Å². The van der Waals surface area contributed by atoms with Crippen LogP contribution in [0.1, 0.15) is 55.9 Å². The van der Waals surface area contributed by atoms with Gasteiger partial charge in [0.15, 0.2) is 11.5 Å². The fourth-order valence-electron chi connectivity index (χ4n) is 6.75. The number of para-hydroxylation sites is 1. The Balaban J connectivity index is 1.29. The molecule has 4 heteroatoms. The van der Waals surface area contributed by atoms with Crippen molar-refractivity contribution in [2.75, 3.05) is 7.11 Å². The average molecular weight is 412 g/mol. The minimum absolute atomic E-state index is 0.519. The summed E-state index contributed by atoms with van der Waals surface area (Å²) in [5.74, 6) is 4.68. The number of thiophene rings is 1. The van der Waals surface area contributed by atoms with Crippen molar-refractivity contribution in [1.29, 1.82) is 0 Å². The van der Waals surface area contributed by atoms with Gasteiger partial charge in [0.25, 0.3) is 0 Å². The van der Waals surface area contributed by atoms with Gasteiger partial charge in [0, 0.05) is 23.0 Å². The summed E-state index contributed by atoms with van der Waals surface area (Å²) in [5, 5.41) is 6.00. The molecule has 0 spiro atoms. The van der Waals surface area contributed by atoms with Crippen LogP contribution in [-0.4, -0.2) is 13.2 Å². The lowest BCUT2D eigenvalue weighted by molar-refractivity contribution is -0.0706. The SMILES string of the molecule is COc1cccc(CN[C@H](C)C23CC4CC(CC(C4)C2)C3)c1OCc1cccs1. The normalized spacial score (nSPS) is 31.0. The molecule has 0 amide bonds. The summed E-state index contributed by atoms with van der Waals surface area (Å²) in [7, 11) is 1.72. The fraction of sp³-hybridized carbons (Fsp3) is 0.600. The molecule has 0 saturated heterocycles. The first-order valence-corrected chi connectivity index (χ1v) is 12.1. The molecule has 0 unspecified atom stereocenters. The van der Waals surface area contributed by atoms with Crippen molar-refractivity contribution in [2.24, 2.45) is 23.2 Å². The second-order valence-corrected chi connectivity index (χ2v) is 10.7. The van der Waals surface area contributed by atoms with Gasteiger partial charge in [-0.15, -0.1) is 11.3 Å².